The van der Waals surface area contributed by atoms with Gasteiger partial charge in [-0.1, -0.05) is 39.7 Å². The van der Waals surface area contributed by atoms with Crippen molar-refractivity contribution in [3.8, 4) is 0 Å². The Morgan fingerprint density at radius 3 is 2.60 bits per heavy atom. The molecule has 1 fully saturated rings. The number of unbranched alkanes of at least 4 members (excludes halogenated alkanes) is 1. The molecule has 0 radical (unpaired) electrons. The van der Waals surface area contributed by atoms with E-state index in [0.29, 0.717) is 5.92 Å². The molecule has 0 aromatic rings. The average molecular weight is 279 g/mol. The molecule has 20 heavy (non-hydrogen) atoms. The zero-order valence-corrected chi connectivity index (χ0v) is 13.4. The van der Waals surface area contributed by atoms with Gasteiger partial charge in [-0.25, -0.2) is 0 Å². The topological polar surface area (TPSA) is 37.4 Å². The highest BCUT2D eigenvalue weighted by molar-refractivity contribution is 5.83. The van der Waals surface area contributed by atoms with Crippen molar-refractivity contribution in [1.29, 1.82) is 0 Å². The standard InChI is InChI=1S/C17H29NO2/c1-5-7-9-15-11-10-13(3)17(20)18(14(4)12-19)16(15)8-6-2/h8,12-15H,5-7,9-11H2,1-4H3. The van der Waals surface area contributed by atoms with Crippen molar-refractivity contribution in [3.05, 3.63) is 11.8 Å². The van der Waals surface area contributed by atoms with Gasteiger partial charge in [-0.05, 0) is 38.5 Å². The molecule has 3 atom stereocenters. The Morgan fingerprint density at radius 1 is 1.35 bits per heavy atom. The monoisotopic (exact) mass is 279 g/mol. The molecule has 1 aliphatic rings. The number of nitrogens with zero attached hydrogens (tertiary/aromatic N) is 1. The van der Waals surface area contributed by atoms with Crippen molar-refractivity contribution in [2.45, 2.75) is 72.3 Å². The van der Waals surface area contributed by atoms with Gasteiger partial charge in [0.15, 0.2) is 0 Å². The minimum atomic E-state index is -0.357. The van der Waals surface area contributed by atoms with Gasteiger partial charge in [0.05, 0.1) is 6.04 Å². The van der Waals surface area contributed by atoms with Crippen LogP contribution in [-0.4, -0.2) is 23.1 Å². The predicted molar refractivity (Wildman–Crippen MR) is 82.2 cm³/mol. The van der Waals surface area contributed by atoms with Crippen LogP contribution in [0.25, 0.3) is 0 Å². The number of rotatable bonds is 6. The fourth-order valence-corrected chi connectivity index (χ4v) is 3.00. The molecule has 1 rings (SSSR count). The Kier molecular flexibility index (Phi) is 6.97. The summed E-state index contributed by atoms with van der Waals surface area (Å²) >= 11 is 0. The molecule has 0 bridgehead atoms. The van der Waals surface area contributed by atoms with E-state index in [1.54, 1.807) is 4.90 Å². The van der Waals surface area contributed by atoms with E-state index in [9.17, 15) is 9.59 Å². The summed E-state index contributed by atoms with van der Waals surface area (Å²) in [6.07, 6.45) is 9.39. The van der Waals surface area contributed by atoms with Crippen molar-refractivity contribution in [1.82, 2.24) is 4.90 Å². The summed E-state index contributed by atoms with van der Waals surface area (Å²) in [5.41, 5.74) is 1.09. The van der Waals surface area contributed by atoms with Gasteiger partial charge in [0.1, 0.15) is 6.29 Å². The number of carbonyl (C=O) groups is 2. The van der Waals surface area contributed by atoms with E-state index in [2.05, 4.69) is 19.9 Å². The summed E-state index contributed by atoms with van der Waals surface area (Å²) in [4.78, 5) is 25.6. The summed E-state index contributed by atoms with van der Waals surface area (Å²) < 4.78 is 0. The van der Waals surface area contributed by atoms with Crippen LogP contribution in [0.15, 0.2) is 11.8 Å². The van der Waals surface area contributed by atoms with E-state index in [-0.39, 0.29) is 17.9 Å². The van der Waals surface area contributed by atoms with Gasteiger partial charge < -0.3 is 9.69 Å². The minimum Gasteiger partial charge on any atom is -0.306 e. The largest absolute Gasteiger partial charge is 0.306 e. The molecule has 3 nitrogen and oxygen atoms in total. The molecule has 0 spiro atoms. The first-order chi connectivity index (χ1) is 9.56. The first kappa shape index (κ1) is 16.9. The highest BCUT2D eigenvalue weighted by Crippen LogP contribution is 2.34. The van der Waals surface area contributed by atoms with Gasteiger partial charge in [0, 0.05) is 11.6 Å². The van der Waals surface area contributed by atoms with Crippen molar-refractivity contribution in [2.75, 3.05) is 0 Å². The molecule has 114 valence electrons. The number of hydrogen-bond acceptors (Lipinski definition) is 2. The van der Waals surface area contributed by atoms with Crippen LogP contribution >= 0.6 is 0 Å². The zero-order valence-electron chi connectivity index (χ0n) is 13.4. The molecule has 1 saturated heterocycles. The Hall–Kier alpha value is -1.12. The van der Waals surface area contributed by atoms with E-state index < -0.39 is 0 Å². The normalized spacial score (nSPS) is 27.5. The lowest BCUT2D eigenvalue weighted by Gasteiger charge is -2.32. The second-order valence-corrected chi connectivity index (χ2v) is 5.94. The lowest BCUT2D eigenvalue weighted by atomic mass is 9.91. The molecule has 1 heterocycles. The maximum atomic E-state index is 12.6. The van der Waals surface area contributed by atoms with Crippen LogP contribution in [0.4, 0.5) is 0 Å². The van der Waals surface area contributed by atoms with Crippen molar-refractivity contribution in [2.24, 2.45) is 11.8 Å². The van der Waals surface area contributed by atoms with Gasteiger partial charge >= 0.3 is 0 Å². The fourth-order valence-electron chi connectivity index (χ4n) is 3.00. The molecule has 1 aliphatic heterocycles. The van der Waals surface area contributed by atoms with Crippen molar-refractivity contribution < 1.29 is 9.59 Å². The molecule has 3 heteroatoms. The van der Waals surface area contributed by atoms with Crippen LogP contribution in [0.5, 0.6) is 0 Å². The third-order valence-electron chi connectivity index (χ3n) is 4.23. The van der Waals surface area contributed by atoms with Gasteiger partial charge in [0.25, 0.3) is 0 Å². The minimum absolute atomic E-state index is 0.0179. The SMILES string of the molecule is CCC=C1C(CCCC)CCC(C)C(=O)N1C(C)C=O. The molecule has 1 amide bonds. The number of hydrogen-bond donors (Lipinski definition) is 0. The average Bonchev–Trinajstić information content (AvgIpc) is 2.56. The lowest BCUT2D eigenvalue weighted by Crippen LogP contribution is -2.41. The van der Waals surface area contributed by atoms with Gasteiger partial charge in [-0.2, -0.15) is 0 Å². The Balaban J connectivity index is 3.12. The van der Waals surface area contributed by atoms with Crippen LogP contribution in [0.2, 0.25) is 0 Å². The highest BCUT2D eigenvalue weighted by Gasteiger charge is 2.34. The summed E-state index contributed by atoms with van der Waals surface area (Å²) in [5, 5.41) is 0. The first-order valence-electron chi connectivity index (χ1n) is 8.05. The smallest absolute Gasteiger partial charge is 0.230 e. The Morgan fingerprint density at radius 2 is 2.05 bits per heavy atom. The molecular formula is C17H29NO2. The Bertz CT molecular complexity index is 362. The molecule has 0 aliphatic carbocycles. The van der Waals surface area contributed by atoms with Crippen LogP contribution in [0, 0.1) is 11.8 Å². The highest BCUT2D eigenvalue weighted by atomic mass is 16.2. The molecular weight excluding hydrogens is 250 g/mol. The first-order valence-corrected chi connectivity index (χ1v) is 8.05. The number of amides is 1. The van der Waals surface area contributed by atoms with Crippen molar-refractivity contribution in [3.63, 3.8) is 0 Å². The summed E-state index contributed by atoms with van der Waals surface area (Å²) in [5.74, 6) is 0.554. The van der Waals surface area contributed by atoms with Crippen LogP contribution in [-0.2, 0) is 9.59 Å². The molecule has 0 aromatic heterocycles. The number of carbonyl (C=O) groups excluding carboxylic acids is 2. The van der Waals surface area contributed by atoms with Crippen LogP contribution in [0.1, 0.15) is 66.2 Å². The Labute approximate surface area is 123 Å². The van der Waals surface area contributed by atoms with Crippen LogP contribution in [0.3, 0.4) is 0 Å². The maximum Gasteiger partial charge on any atom is 0.230 e. The number of allylic oxidation sites excluding steroid dienone is 2. The summed E-state index contributed by atoms with van der Waals surface area (Å²) in [7, 11) is 0. The second kappa shape index (κ2) is 8.23. The molecule has 0 N–H and O–H groups in total. The van der Waals surface area contributed by atoms with Gasteiger partial charge in [-0.15, -0.1) is 0 Å². The molecule has 0 aromatic carbocycles. The van der Waals surface area contributed by atoms with Gasteiger partial charge in [0.2, 0.25) is 5.91 Å². The van der Waals surface area contributed by atoms with E-state index in [0.717, 1.165) is 37.7 Å². The number of aldehydes is 1. The van der Waals surface area contributed by atoms with E-state index in [4.69, 9.17) is 0 Å². The van der Waals surface area contributed by atoms with E-state index in [1.165, 1.54) is 12.8 Å². The second-order valence-electron chi connectivity index (χ2n) is 5.94. The maximum absolute atomic E-state index is 12.6. The zero-order chi connectivity index (χ0) is 15.1. The fraction of sp³-hybridized carbons (Fsp3) is 0.765. The summed E-state index contributed by atoms with van der Waals surface area (Å²) in [6.45, 7) is 8.09. The van der Waals surface area contributed by atoms with E-state index in [1.807, 2.05) is 13.8 Å². The van der Waals surface area contributed by atoms with Crippen molar-refractivity contribution >= 4 is 12.2 Å². The molecule has 0 saturated carbocycles. The third-order valence-corrected chi connectivity index (χ3v) is 4.23. The third kappa shape index (κ3) is 3.94. The quantitative estimate of drug-likeness (QED) is 0.691. The predicted octanol–water partition coefficient (Wildman–Crippen LogP) is 3.93. The molecule has 3 unspecified atom stereocenters. The van der Waals surface area contributed by atoms with Gasteiger partial charge in [-0.3, -0.25) is 4.79 Å². The lowest BCUT2D eigenvalue weighted by molar-refractivity contribution is -0.136. The number of likely N-dealkylation sites (tertiary alicyclic amines) is 1. The summed E-state index contributed by atoms with van der Waals surface area (Å²) in [6, 6.07) is -0.357. The van der Waals surface area contributed by atoms with Crippen LogP contribution < -0.4 is 0 Å². The van der Waals surface area contributed by atoms with E-state index >= 15 is 0 Å².